The van der Waals surface area contributed by atoms with Crippen molar-refractivity contribution in [2.24, 2.45) is 0 Å². The van der Waals surface area contributed by atoms with Crippen molar-refractivity contribution in [3.63, 3.8) is 0 Å². The van der Waals surface area contributed by atoms with Gasteiger partial charge in [0.05, 0.1) is 6.20 Å². The summed E-state index contributed by atoms with van der Waals surface area (Å²) in [5.74, 6) is 1.58. The number of anilines is 2. The molecule has 2 N–H and O–H groups in total. The van der Waals surface area contributed by atoms with Crippen LogP contribution in [0, 0.1) is 0 Å². The monoisotopic (exact) mass is 288 g/mol. The number of amides is 1. The first-order chi connectivity index (χ1) is 10.2. The Kier molecular flexibility index (Phi) is 3.64. The van der Waals surface area contributed by atoms with Gasteiger partial charge in [0.15, 0.2) is 11.5 Å². The fourth-order valence-corrected chi connectivity index (χ4v) is 2.52. The van der Waals surface area contributed by atoms with E-state index in [0.717, 1.165) is 36.8 Å². The predicted octanol–water partition coefficient (Wildman–Crippen LogP) is 0.876. The van der Waals surface area contributed by atoms with Crippen molar-refractivity contribution in [3.8, 4) is 0 Å². The summed E-state index contributed by atoms with van der Waals surface area (Å²) in [6.07, 6.45) is 6.60. The van der Waals surface area contributed by atoms with Crippen LogP contribution in [0.2, 0.25) is 0 Å². The molecule has 7 heteroatoms. The van der Waals surface area contributed by atoms with E-state index in [1.165, 1.54) is 0 Å². The summed E-state index contributed by atoms with van der Waals surface area (Å²) in [5.41, 5.74) is 0.776. The van der Waals surface area contributed by atoms with Gasteiger partial charge in [-0.25, -0.2) is 9.97 Å². The standard InChI is InChI=1S/C14H20N6O/c1-3-4-15-11-9-19-7-5-16-12(19)13(18-11)20-8-6-17-14(21)10(20)2/h5,7,9-10,15H,3-4,6,8H2,1-2H3,(H,17,21). The lowest BCUT2D eigenvalue weighted by atomic mass is 10.2. The molecule has 1 atom stereocenters. The van der Waals surface area contributed by atoms with E-state index in [4.69, 9.17) is 0 Å². The Morgan fingerprint density at radius 3 is 3.19 bits per heavy atom. The Bertz CT molecular complexity index is 652. The smallest absolute Gasteiger partial charge is 0.242 e. The molecule has 2 aromatic heterocycles. The van der Waals surface area contributed by atoms with Gasteiger partial charge in [0.1, 0.15) is 11.9 Å². The number of nitrogens with one attached hydrogen (secondary N) is 2. The summed E-state index contributed by atoms with van der Waals surface area (Å²) in [5, 5.41) is 6.17. The van der Waals surface area contributed by atoms with E-state index in [1.807, 2.05) is 28.6 Å². The van der Waals surface area contributed by atoms with Gasteiger partial charge in [-0.2, -0.15) is 0 Å². The SMILES string of the molecule is CCCNc1cn2ccnc2c(N2CCNC(=O)C2C)n1. The van der Waals surface area contributed by atoms with Crippen LogP contribution in [0.15, 0.2) is 18.6 Å². The highest BCUT2D eigenvalue weighted by atomic mass is 16.2. The van der Waals surface area contributed by atoms with E-state index in [9.17, 15) is 4.79 Å². The quantitative estimate of drug-likeness (QED) is 0.873. The summed E-state index contributed by atoms with van der Waals surface area (Å²) in [6.45, 7) is 6.23. The molecular weight excluding hydrogens is 268 g/mol. The summed E-state index contributed by atoms with van der Waals surface area (Å²) >= 11 is 0. The molecule has 1 fully saturated rings. The van der Waals surface area contributed by atoms with Crippen molar-refractivity contribution in [1.29, 1.82) is 0 Å². The van der Waals surface area contributed by atoms with Crippen LogP contribution in [-0.4, -0.2) is 46.0 Å². The second-order valence-corrected chi connectivity index (χ2v) is 5.20. The summed E-state index contributed by atoms with van der Waals surface area (Å²) in [4.78, 5) is 22.9. The lowest BCUT2D eigenvalue weighted by Gasteiger charge is -2.33. The van der Waals surface area contributed by atoms with Crippen molar-refractivity contribution in [1.82, 2.24) is 19.7 Å². The molecule has 0 aliphatic carbocycles. The number of hydrogen-bond acceptors (Lipinski definition) is 5. The van der Waals surface area contributed by atoms with Gasteiger partial charge in [0.25, 0.3) is 0 Å². The Labute approximate surface area is 123 Å². The fraction of sp³-hybridized carbons (Fsp3) is 0.500. The molecule has 1 amide bonds. The normalized spacial score (nSPS) is 18.9. The van der Waals surface area contributed by atoms with Gasteiger partial charge >= 0.3 is 0 Å². The lowest BCUT2D eigenvalue weighted by Crippen LogP contribution is -2.54. The van der Waals surface area contributed by atoms with E-state index >= 15 is 0 Å². The first kappa shape index (κ1) is 13.7. The number of nitrogens with zero attached hydrogens (tertiary/aromatic N) is 4. The highest BCUT2D eigenvalue weighted by molar-refractivity contribution is 5.87. The summed E-state index contributed by atoms with van der Waals surface area (Å²) < 4.78 is 1.94. The van der Waals surface area contributed by atoms with E-state index in [-0.39, 0.29) is 11.9 Å². The van der Waals surface area contributed by atoms with Crippen LogP contribution in [0.1, 0.15) is 20.3 Å². The average molecular weight is 288 g/mol. The number of piperazine rings is 1. The Morgan fingerprint density at radius 2 is 2.38 bits per heavy atom. The molecule has 3 rings (SSSR count). The van der Waals surface area contributed by atoms with Gasteiger partial charge in [-0.15, -0.1) is 0 Å². The van der Waals surface area contributed by atoms with Crippen LogP contribution in [0.25, 0.3) is 5.65 Å². The zero-order valence-electron chi connectivity index (χ0n) is 12.3. The zero-order chi connectivity index (χ0) is 14.8. The van der Waals surface area contributed by atoms with E-state index in [0.29, 0.717) is 6.54 Å². The number of imidazole rings is 1. The topological polar surface area (TPSA) is 74.6 Å². The number of rotatable bonds is 4. The molecule has 1 unspecified atom stereocenters. The number of carbonyl (C=O) groups is 1. The predicted molar refractivity (Wildman–Crippen MR) is 81.6 cm³/mol. The number of carbonyl (C=O) groups excluding carboxylic acids is 1. The van der Waals surface area contributed by atoms with Crippen LogP contribution in [-0.2, 0) is 4.79 Å². The Hall–Kier alpha value is -2.31. The molecule has 0 radical (unpaired) electrons. The summed E-state index contributed by atoms with van der Waals surface area (Å²) in [6, 6.07) is -0.242. The van der Waals surface area contributed by atoms with Gasteiger partial charge < -0.3 is 19.9 Å². The third-order valence-electron chi connectivity index (χ3n) is 3.68. The highest BCUT2D eigenvalue weighted by Crippen LogP contribution is 2.23. The minimum absolute atomic E-state index is 0.0275. The summed E-state index contributed by atoms with van der Waals surface area (Å²) in [7, 11) is 0. The third kappa shape index (κ3) is 2.51. The Morgan fingerprint density at radius 1 is 1.52 bits per heavy atom. The third-order valence-corrected chi connectivity index (χ3v) is 3.68. The van der Waals surface area contributed by atoms with Crippen molar-refractivity contribution in [2.75, 3.05) is 29.9 Å². The molecule has 2 aromatic rings. The molecule has 1 saturated heterocycles. The van der Waals surface area contributed by atoms with Crippen molar-refractivity contribution in [3.05, 3.63) is 18.6 Å². The molecule has 0 aromatic carbocycles. The van der Waals surface area contributed by atoms with E-state index in [2.05, 4.69) is 27.5 Å². The van der Waals surface area contributed by atoms with Gasteiger partial charge in [0, 0.05) is 32.0 Å². The molecule has 1 aliphatic rings. The molecule has 112 valence electrons. The molecular formula is C14H20N6O. The van der Waals surface area contributed by atoms with Crippen LogP contribution in [0.4, 0.5) is 11.6 Å². The van der Waals surface area contributed by atoms with Crippen LogP contribution in [0.3, 0.4) is 0 Å². The number of hydrogen-bond donors (Lipinski definition) is 2. The average Bonchev–Trinajstić information content (AvgIpc) is 2.95. The maximum absolute atomic E-state index is 11.9. The molecule has 0 saturated carbocycles. The van der Waals surface area contributed by atoms with E-state index < -0.39 is 0 Å². The Balaban J connectivity index is 2.02. The second kappa shape index (κ2) is 5.59. The second-order valence-electron chi connectivity index (χ2n) is 5.20. The number of fused-ring (bicyclic) bond motifs is 1. The molecule has 0 bridgehead atoms. The minimum Gasteiger partial charge on any atom is -0.369 e. The number of aromatic nitrogens is 3. The molecule has 1 aliphatic heterocycles. The van der Waals surface area contributed by atoms with Crippen molar-refractivity contribution >= 4 is 23.2 Å². The molecule has 7 nitrogen and oxygen atoms in total. The maximum atomic E-state index is 11.9. The van der Waals surface area contributed by atoms with E-state index in [1.54, 1.807) is 6.20 Å². The van der Waals surface area contributed by atoms with Gasteiger partial charge in [-0.05, 0) is 13.3 Å². The highest BCUT2D eigenvalue weighted by Gasteiger charge is 2.28. The van der Waals surface area contributed by atoms with Crippen LogP contribution in [0.5, 0.6) is 0 Å². The van der Waals surface area contributed by atoms with Crippen molar-refractivity contribution < 1.29 is 4.79 Å². The van der Waals surface area contributed by atoms with Gasteiger partial charge in [-0.1, -0.05) is 6.92 Å². The van der Waals surface area contributed by atoms with Crippen LogP contribution >= 0.6 is 0 Å². The first-order valence-electron chi connectivity index (χ1n) is 7.32. The minimum atomic E-state index is -0.242. The first-order valence-corrected chi connectivity index (χ1v) is 7.32. The van der Waals surface area contributed by atoms with Gasteiger partial charge in [0.2, 0.25) is 5.91 Å². The zero-order valence-corrected chi connectivity index (χ0v) is 12.3. The molecule has 21 heavy (non-hydrogen) atoms. The maximum Gasteiger partial charge on any atom is 0.242 e. The largest absolute Gasteiger partial charge is 0.369 e. The fourth-order valence-electron chi connectivity index (χ4n) is 2.52. The lowest BCUT2D eigenvalue weighted by molar-refractivity contribution is -0.122. The molecule has 3 heterocycles. The van der Waals surface area contributed by atoms with Crippen molar-refractivity contribution in [2.45, 2.75) is 26.3 Å². The van der Waals surface area contributed by atoms with Gasteiger partial charge in [-0.3, -0.25) is 4.79 Å². The molecule has 0 spiro atoms. The van der Waals surface area contributed by atoms with Crippen LogP contribution < -0.4 is 15.5 Å².